The Bertz CT molecular complexity index is 481. The van der Waals surface area contributed by atoms with E-state index in [2.05, 4.69) is 33.1 Å². The van der Waals surface area contributed by atoms with Gasteiger partial charge < -0.3 is 5.32 Å². The first-order valence-corrected chi connectivity index (χ1v) is 8.07. The quantitative estimate of drug-likeness (QED) is 0.908. The Kier molecular flexibility index (Phi) is 5.22. The highest BCUT2D eigenvalue weighted by Crippen LogP contribution is 2.24. The Labute approximate surface area is 129 Å². The van der Waals surface area contributed by atoms with Crippen molar-refractivity contribution in [3.8, 4) is 0 Å². The van der Waals surface area contributed by atoms with Crippen LogP contribution in [0.4, 0.5) is 5.69 Å². The summed E-state index contributed by atoms with van der Waals surface area (Å²) in [5, 5.41) is 3.02. The number of likely N-dealkylation sites (tertiary alicyclic amines) is 1. The molecular weight excluding hydrogens is 316 g/mol. The van der Waals surface area contributed by atoms with Crippen LogP contribution in [0.5, 0.6) is 0 Å². The maximum absolute atomic E-state index is 12.4. The number of anilines is 1. The molecule has 1 heterocycles. The van der Waals surface area contributed by atoms with Crippen LogP contribution in [0.3, 0.4) is 0 Å². The van der Waals surface area contributed by atoms with Crippen molar-refractivity contribution in [3.63, 3.8) is 0 Å². The number of aryl methyl sites for hydroxylation is 1. The molecule has 1 amide bonds. The summed E-state index contributed by atoms with van der Waals surface area (Å²) in [6, 6.07) is 5.90. The van der Waals surface area contributed by atoms with Crippen molar-refractivity contribution in [3.05, 3.63) is 28.2 Å². The van der Waals surface area contributed by atoms with Gasteiger partial charge in [-0.25, -0.2) is 0 Å². The van der Waals surface area contributed by atoms with Crippen LogP contribution >= 0.6 is 15.9 Å². The van der Waals surface area contributed by atoms with E-state index >= 15 is 0 Å². The van der Waals surface area contributed by atoms with E-state index in [1.54, 1.807) is 0 Å². The predicted octanol–water partition coefficient (Wildman–Crippen LogP) is 3.82. The molecule has 0 spiro atoms. The smallest absolute Gasteiger partial charge is 0.241 e. The van der Waals surface area contributed by atoms with Crippen LogP contribution in [0.1, 0.15) is 32.3 Å². The second-order valence-corrected chi connectivity index (χ2v) is 6.72. The molecule has 3 nitrogen and oxygen atoms in total. The molecule has 1 unspecified atom stereocenters. The van der Waals surface area contributed by atoms with Crippen molar-refractivity contribution in [1.29, 1.82) is 0 Å². The van der Waals surface area contributed by atoms with Crippen LogP contribution in [-0.4, -0.2) is 29.9 Å². The molecule has 1 aliphatic heterocycles. The van der Waals surface area contributed by atoms with E-state index < -0.39 is 0 Å². The molecule has 4 heteroatoms. The molecule has 1 aromatic carbocycles. The molecule has 20 heavy (non-hydrogen) atoms. The maximum atomic E-state index is 12.4. The Hall–Kier alpha value is -0.870. The zero-order valence-corrected chi connectivity index (χ0v) is 14.0. The highest BCUT2D eigenvalue weighted by Gasteiger charge is 2.25. The summed E-state index contributed by atoms with van der Waals surface area (Å²) in [6.45, 7) is 8.35. The number of piperidine rings is 1. The number of amides is 1. The van der Waals surface area contributed by atoms with Crippen molar-refractivity contribution >= 4 is 27.5 Å². The highest BCUT2D eigenvalue weighted by atomic mass is 79.9. The molecule has 0 radical (unpaired) electrons. The summed E-state index contributed by atoms with van der Waals surface area (Å²) in [6.07, 6.45) is 2.37. The van der Waals surface area contributed by atoms with Crippen molar-refractivity contribution in [2.24, 2.45) is 5.92 Å². The van der Waals surface area contributed by atoms with E-state index in [-0.39, 0.29) is 11.9 Å². The fourth-order valence-corrected chi connectivity index (χ4v) is 3.13. The fraction of sp³-hybridized carbons (Fsp3) is 0.562. The number of nitrogens with one attached hydrogen (secondary N) is 1. The summed E-state index contributed by atoms with van der Waals surface area (Å²) in [5.74, 6) is 0.858. The highest BCUT2D eigenvalue weighted by molar-refractivity contribution is 9.10. The molecular formula is C16H23BrN2O. The van der Waals surface area contributed by atoms with Gasteiger partial charge in [0.2, 0.25) is 5.91 Å². The van der Waals surface area contributed by atoms with Crippen molar-refractivity contribution in [2.75, 3.05) is 18.4 Å². The number of benzene rings is 1. The van der Waals surface area contributed by atoms with Crippen molar-refractivity contribution in [1.82, 2.24) is 4.90 Å². The fourth-order valence-electron chi connectivity index (χ4n) is 2.54. The summed E-state index contributed by atoms with van der Waals surface area (Å²) in [5.41, 5.74) is 2.02. The minimum Gasteiger partial charge on any atom is -0.324 e. The van der Waals surface area contributed by atoms with E-state index in [4.69, 9.17) is 0 Å². The van der Waals surface area contributed by atoms with Crippen LogP contribution in [0.25, 0.3) is 0 Å². The van der Waals surface area contributed by atoms with Gasteiger partial charge in [-0.3, -0.25) is 9.69 Å². The summed E-state index contributed by atoms with van der Waals surface area (Å²) in [4.78, 5) is 14.6. The molecule has 0 aliphatic carbocycles. The second kappa shape index (κ2) is 6.72. The third-order valence-electron chi connectivity index (χ3n) is 4.13. The predicted molar refractivity (Wildman–Crippen MR) is 86.9 cm³/mol. The van der Waals surface area contributed by atoms with Crippen molar-refractivity contribution < 1.29 is 4.79 Å². The first kappa shape index (κ1) is 15.5. The van der Waals surface area contributed by atoms with E-state index in [0.29, 0.717) is 0 Å². The van der Waals surface area contributed by atoms with Crippen LogP contribution in [-0.2, 0) is 4.79 Å². The average molecular weight is 339 g/mol. The summed E-state index contributed by atoms with van der Waals surface area (Å²) in [7, 11) is 0. The van der Waals surface area contributed by atoms with Gasteiger partial charge in [0.25, 0.3) is 0 Å². The lowest BCUT2D eigenvalue weighted by Gasteiger charge is -2.34. The number of carbonyl (C=O) groups excluding carboxylic acids is 1. The van der Waals surface area contributed by atoms with Crippen LogP contribution in [0.15, 0.2) is 22.7 Å². The molecule has 1 N–H and O–H groups in total. The number of rotatable bonds is 3. The van der Waals surface area contributed by atoms with Crippen LogP contribution < -0.4 is 5.32 Å². The van der Waals surface area contributed by atoms with Crippen LogP contribution in [0, 0.1) is 12.8 Å². The molecule has 1 aliphatic rings. The Balaban J connectivity index is 1.97. The van der Waals surface area contributed by atoms with Gasteiger partial charge in [-0.15, -0.1) is 0 Å². The molecule has 1 atom stereocenters. The second-order valence-electron chi connectivity index (χ2n) is 5.87. The number of nitrogens with zero attached hydrogens (tertiary/aromatic N) is 1. The maximum Gasteiger partial charge on any atom is 0.241 e. The van der Waals surface area contributed by atoms with Gasteiger partial charge in [0.1, 0.15) is 0 Å². The summed E-state index contributed by atoms with van der Waals surface area (Å²) >= 11 is 3.50. The average Bonchev–Trinajstić information content (AvgIpc) is 2.42. The van der Waals surface area contributed by atoms with Gasteiger partial charge in [-0.2, -0.15) is 0 Å². The van der Waals surface area contributed by atoms with Gasteiger partial charge in [-0.1, -0.05) is 13.0 Å². The lowest BCUT2D eigenvalue weighted by molar-refractivity contribution is -0.121. The zero-order valence-electron chi connectivity index (χ0n) is 12.4. The molecule has 0 bridgehead atoms. The first-order valence-electron chi connectivity index (χ1n) is 7.28. The lowest BCUT2D eigenvalue weighted by Crippen LogP contribution is -2.45. The minimum atomic E-state index is -0.0734. The molecule has 2 rings (SSSR count). The molecule has 0 saturated carbocycles. The first-order chi connectivity index (χ1) is 9.47. The Morgan fingerprint density at radius 3 is 2.65 bits per heavy atom. The molecule has 1 fully saturated rings. The number of hydrogen-bond donors (Lipinski definition) is 1. The normalized spacial score (nSPS) is 18.8. The largest absolute Gasteiger partial charge is 0.324 e. The monoisotopic (exact) mass is 338 g/mol. The van der Waals surface area contributed by atoms with Gasteiger partial charge in [-0.05, 0) is 79.3 Å². The van der Waals surface area contributed by atoms with Crippen molar-refractivity contribution in [2.45, 2.75) is 39.7 Å². The third kappa shape index (κ3) is 3.83. The van der Waals surface area contributed by atoms with E-state index in [1.165, 1.54) is 18.4 Å². The molecule has 1 saturated heterocycles. The number of carbonyl (C=O) groups is 1. The van der Waals surface area contributed by atoms with Gasteiger partial charge in [0.05, 0.1) is 11.7 Å². The number of halogens is 1. The Morgan fingerprint density at radius 1 is 1.40 bits per heavy atom. The SMILES string of the molecule is Cc1ccc(NC(=O)C(C)N2CCC(C)CC2)c(Br)c1. The zero-order chi connectivity index (χ0) is 14.7. The van der Waals surface area contributed by atoms with E-state index in [1.807, 2.05) is 32.0 Å². The summed E-state index contributed by atoms with van der Waals surface area (Å²) < 4.78 is 0.935. The molecule has 110 valence electrons. The van der Waals surface area contributed by atoms with Gasteiger partial charge in [0, 0.05) is 4.47 Å². The number of hydrogen-bond acceptors (Lipinski definition) is 2. The minimum absolute atomic E-state index is 0.0732. The molecule has 1 aromatic rings. The standard InChI is InChI=1S/C16H23BrN2O/c1-11-6-8-19(9-7-11)13(3)16(20)18-15-5-4-12(2)10-14(15)17/h4-5,10-11,13H,6-9H2,1-3H3,(H,18,20). The third-order valence-corrected chi connectivity index (χ3v) is 4.78. The van der Waals surface area contributed by atoms with E-state index in [0.717, 1.165) is 29.2 Å². The lowest BCUT2D eigenvalue weighted by atomic mass is 9.98. The van der Waals surface area contributed by atoms with Gasteiger partial charge >= 0.3 is 0 Å². The Morgan fingerprint density at radius 2 is 2.05 bits per heavy atom. The van der Waals surface area contributed by atoms with Crippen LogP contribution in [0.2, 0.25) is 0 Å². The van der Waals surface area contributed by atoms with Gasteiger partial charge in [0.15, 0.2) is 0 Å². The topological polar surface area (TPSA) is 32.3 Å². The van der Waals surface area contributed by atoms with E-state index in [9.17, 15) is 4.79 Å². The molecule has 0 aromatic heterocycles.